The van der Waals surface area contributed by atoms with E-state index in [9.17, 15) is 13.6 Å². The molecule has 2 rings (SSSR count). The van der Waals surface area contributed by atoms with Gasteiger partial charge in [-0.15, -0.1) is 0 Å². The molecule has 0 atom stereocenters. The summed E-state index contributed by atoms with van der Waals surface area (Å²) in [6, 6.07) is 13.0. The van der Waals surface area contributed by atoms with Crippen LogP contribution in [0.1, 0.15) is 24.0 Å². The second-order valence-electron chi connectivity index (χ2n) is 5.29. The molecule has 2 aromatic rings. The van der Waals surface area contributed by atoms with Gasteiger partial charge in [0.15, 0.2) is 0 Å². The van der Waals surface area contributed by atoms with E-state index < -0.39 is 0 Å². The molecule has 0 aliphatic heterocycles. The average Bonchev–Trinajstić information content (AvgIpc) is 2.51. The van der Waals surface area contributed by atoms with Gasteiger partial charge in [0.1, 0.15) is 11.6 Å². The van der Waals surface area contributed by atoms with Gasteiger partial charge in [-0.25, -0.2) is 8.78 Å². The fourth-order valence-electron chi connectivity index (χ4n) is 2.29. The minimum absolute atomic E-state index is 0.0698. The van der Waals surface area contributed by atoms with Gasteiger partial charge < -0.3 is 4.90 Å². The van der Waals surface area contributed by atoms with Crippen molar-refractivity contribution in [2.24, 2.45) is 0 Å². The summed E-state index contributed by atoms with van der Waals surface area (Å²) in [7, 11) is 1.65. The van der Waals surface area contributed by atoms with E-state index in [-0.39, 0.29) is 24.1 Å². The van der Waals surface area contributed by atoms with E-state index in [0.717, 1.165) is 0 Å². The number of halogens is 2. The lowest BCUT2D eigenvalue weighted by molar-refractivity contribution is -0.130. The summed E-state index contributed by atoms with van der Waals surface area (Å²) in [5.74, 6) is -0.622. The molecule has 2 nitrogen and oxygen atoms in total. The number of hydrogen-bond donors (Lipinski definition) is 0. The fraction of sp³-hybridized carbons (Fsp3) is 0.278. The van der Waals surface area contributed by atoms with Gasteiger partial charge in [-0.1, -0.05) is 36.4 Å². The Morgan fingerprint density at radius 3 is 2.09 bits per heavy atom. The molecular weight excluding hydrogens is 284 g/mol. The van der Waals surface area contributed by atoms with Crippen molar-refractivity contribution < 1.29 is 13.6 Å². The summed E-state index contributed by atoms with van der Waals surface area (Å²) < 4.78 is 27.0. The van der Waals surface area contributed by atoms with Crippen LogP contribution in [0.2, 0.25) is 0 Å². The van der Waals surface area contributed by atoms with Crippen LogP contribution in [-0.2, 0) is 17.8 Å². The number of nitrogens with zero attached hydrogens (tertiary/aromatic N) is 1. The van der Waals surface area contributed by atoms with Crippen molar-refractivity contribution in [2.75, 3.05) is 7.05 Å². The molecule has 0 unspecified atom stereocenters. The maximum Gasteiger partial charge on any atom is 0.222 e. The lowest BCUT2D eigenvalue weighted by atomic mass is 10.1. The summed E-state index contributed by atoms with van der Waals surface area (Å²) in [5.41, 5.74) is 1.11. The van der Waals surface area contributed by atoms with Gasteiger partial charge in [-0.3, -0.25) is 4.79 Å². The van der Waals surface area contributed by atoms with Crippen LogP contribution in [0.15, 0.2) is 48.5 Å². The van der Waals surface area contributed by atoms with E-state index in [0.29, 0.717) is 30.4 Å². The van der Waals surface area contributed by atoms with Crippen molar-refractivity contribution in [3.8, 4) is 0 Å². The number of benzene rings is 2. The van der Waals surface area contributed by atoms with Crippen molar-refractivity contribution >= 4 is 5.91 Å². The lowest BCUT2D eigenvalue weighted by Gasteiger charge is -2.17. The van der Waals surface area contributed by atoms with Gasteiger partial charge in [-0.05, 0) is 30.5 Å². The zero-order chi connectivity index (χ0) is 15.9. The zero-order valence-corrected chi connectivity index (χ0v) is 12.6. The molecule has 0 aromatic heterocycles. The zero-order valence-electron chi connectivity index (χ0n) is 12.6. The van der Waals surface area contributed by atoms with Crippen LogP contribution in [-0.4, -0.2) is 17.9 Å². The normalized spacial score (nSPS) is 10.5. The molecule has 4 heteroatoms. The standard InChI is InChI=1S/C18H19F2NO/c1-21(13-15-8-3-5-11-17(15)20)18(22)12-6-9-14-7-2-4-10-16(14)19/h2-5,7-8,10-11H,6,9,12-13H2,1H3. The predicted molar refractivity (Wildman–Crippen MR) is 82.2 cm³/mol. The number of amides is 1. The molecule has 0 aliphatic rings. The average molecular weight is 303 g/mol. The minimum Gasteiger partial charge on any atom is -0.341 e. The number of hydrogen-bond acceptors (Lipinski definition) is 1. The first-order chi connectivity index (χ1) is 10.6. The number of aryl methyl sites for hydroxylation is 1. The van der Waals surface area contributed by atoms with Crippen LogP contribution < -0.4 is 0 Å². The molecule has 22 heavy (non-hydrogen) atoms. The Balaban J connectivity index is 1.82. The Morgan fingerprint density at radius 1 is 0.955 bits per heavy atom. The number of carbonyl (C=O) groups excluding carboxylic acids is 1. The van der Waals surface area contributed by atoms with Gasteiger partial charge in [0.25, 0.3) is 0 Å². The number of rotatable bonds is 6. The summed E-state index contributed by atoms with van der Waals surface area (Å²) >= 11 is 0. The highest BCUT2D eigenvalue weighted by molar-refractivity contribution is 5.75. The third kappa shape index (κ3) is 4.38. The third-order valence-corrected chi connectivity index (χ3v) is 3.59. The Morgan fingerprint density at radius 2 is 1.50 bits per heavy atom. The molecule has 116 valence electrons. The Hall–Kier alpha value is -2.23. The first kappa shape index (κ1) is 16.1. The SMILES string of the molecule is CN(Cc1ccccc1F)C(=O)CCCc1ccccc1F. The van der Waals surface area contributed by atoms with Gasteiger partial charge in [0.05, 0.1) is 0 Å². The fourth-order valence-corrected chi connectivity index (χ4v) is 2.29. The van der Waals surface area contributed by atoms with Crippen LogP contribution in [0, 0.1) is 11.6 Å². The molecule has 2 aromatic carbocycles. The largest absolute Gasteiger partial charge is 0.341 e. The first-order valence-corrected chi connectivity index (χ1v) is 7.28. The molecule has 0 fully saturated rings. The monoisotopic (exact) mass is 303 g/mol. The summed E-state index contributed by atoms with van der Waals surface area (Å²) in [5, 5.41) is 0. The van der Waals surface area contributed by atoms with E-state index in [1.807, 2.05) is 0 Å². The van der Waals surface area contributed by atoms with Crippen LogP contribution in [0.4, 0.5) is 8.78 Å². The van der Waals surface area contributed by atoms with Crippen molar-refractivity contribution in [3.63, 3.8) is 0 Å². The van der Waals surface area contributed by atoms with E-state index in [2.05, 4.69) is 0 Å². The molecular formula is C18H19F2NO. The van der Waals surface area contributed by atoms with E-state index in [1.165, 1.54) is 17.0 Å². The van der Waals surface area contributed by atoms with Crippen molar-refractivity contribution in [1.29, 1.82) is 0 Å². The van der Waals surface area contributed by atoms with Crippen LogP contribution in [0.5, 0.6) is 0 Å². The third-order valence-electron chi connectivity index (χ3n) is 3.59. The van der Waals surface area contributed by atoms with Gasteiger partial charge in [-0.2, -0.15) is 0 Å². The van der Waals surface area contributed by atoms with E-state index >= 15 is 0 Å². The Kier molecular flexibility index (Phi) is 5.64. The molecule has 0 aliphatic carbocycles. The molecule has 0 bridgehead atoms. The van der Waals surface area contributed by atoms with Crippen molar-refractivity contribution in [3.05, 3.63) is 71.3 Å². The highest BCUT2D eigenvalue weighted by Gasteiger charge is 2.11. The Labute approximate surface area is 129 Å². The summed E-state index contributed by atoms with van der Waals surface area (Å²) in [6.07, 6.45) is 1.41. The summed E-state index contributed by atoms with van der Waals surface area (Å²) in [4.78, 5) is 13.5. The van der Waals surface area contributed by atoms with E-state index in [4.69, 9.17) is 0 Å². The van der Waals surface area contributed by atoms with Gasteiger partial charge in [0, 0.05) is 25.6 Å². The molecule has 0 N–H and O–H groups in total. The highest BCUT2D eigenvalue weighted by Crippen LogP contribution is 2.13. The van der Waals surface area contributed by atoms with Crippen LogP contribution in [0.3, 0.4) is 0 Å². The second-order valence-corrected chi connectivity index (χ2v) is 5.29. The molecule has 0 saturated carbocycles. The Bertz CT molecular complexity index is 642. The van der Waals surface area contributed by atoms with Crippen LogP contribution >= 0.6 is 0 Å². The minimum atomic E-state index is -0.312. The predicted octanol–water partition coefficient (Wildman–Crippen LogP) is 3.95. The van der Waals surface area contributed by atoms with Gasteiger partial charge in [0.2, 0.25) is 5.91 Å². The van der Waals surface area contributed by atoms with Crippen molar-refractivity contribution in [1.82, 2.24) is 4.90 Å². The first-order valence-electron chi connectivity index (χ1n) is 7.28. The maximum atomic E-state index is 13.6. The maximum absolute atomic E-state index is 13.6. The van der Waals surface area contributed by atoms with Crippen LogP contribution in [0.25, 0.3) is 0 Å². The quantitative estimate of drug-likeness (QED) is 0.791. The smallest absolute Gasteiger partial charge is 0.222 e. The molecule has 0 saturated heterocycles. The molecule has 0 heterocycles. The highest BCUT2D eigenvalue weighted by atomic mass is 19.1. The summed E-state index contributed by atoms with van der Waals surface area (Å²) in [6.45, 7) is 0.241. The second kappa shape index (κ2) is 7.69. The number of carbonyl (C=O) groups is 1. The van der Waals surface area contributed by atoms with Gasteiger partial charge >= 0.3 is 0 Å². The van der Waals surface area contributed by atoms with E-state index in [1.54, 1.807) is 43.4 Å². The molecule has 1 amide bonds. The molecule has 0 spiro atoms. The topological polar surface area (TPSA) is 20.3 Å². The molecule has 0 radical (unpaired) electrons. The lowest BCUT2D eigenvalue weighted by Crippen LogP contribution is -2.26. The van der Waals surface area contributed by atoms with Crippen molar-refractivity contribution in [2.45, 2.75) is 25.8 Å².